The maximum atomic E-state index is 5.76. The van der Waals surface area contributed by atoms with E-state index in [2.05, 4.69) is 26.9 Å². The summed E-state index contributed by atoms with van der Waals surface area (Å²) in [4.78, 5) is 0. The third-order valence-corrected chi connectivity index (χ3v) is 4.27. The molecule has 0 aliphatic carbocycles. The Hall–Kier alpha value is -1.88. The number of hydrogen-bond acceptors (Lipinski definition) is 4. The minimum Gasteiger partial charge on any atom is -0.497 e. The molecule has 0 amide bonds. The SMILES string of the molecule is COc1ccc(CCc2nnc3n2CCC(CN)C3)cc1. The second-order valence-corrected chi connectivity index (χ2v) is 5.63. The van der Waals surface area contributed by atoms with Gasteiger partial charge in [-0.3, -0.25) is 0 Å². The van der Waals surface area contributed by atoms with Crippen molar-refractivity contribution in [3.8, 4) is 5.75 Å². The highest BCUT2D eigenvalue weighted by molar-refractivity contribution is 5.27. The van der Waals surface area contributed by atoms with Crippen molar-refractivity contribution < 1.29 is 4.74 Å². The summed E-state index contributed by atoms with van der Waals surface area (Å²) < 4.78 is 7.45. The first-order valence-electron chi connectivity index (χ1n) is 7.54. The molecule has 0 bridgehead atoms. The van der Waals surface area contributed by atoms with Crippen LogP contribution in [0.15, 0.2) is 24.3 Å². The Morgan fingerprint density at radius 3 is 2.76 bits per heavy atom. The first kappa shape index (κ1) is 14.1. The highest BCUT2D eigenvalue weighted by Crippen LogP contribution is 2.20. The van der Waals surface area contributed by atoms with E-state index in [9.17, 15) is 0 Å². The van der Waals surface area contributed by atoms with E-state index in [4.69, 9.17) is 10.5 Å². The smallest absolute Gasteiger partial charge is 0.133 e. The summed E-state index contributed by atoms with van der Waals surface area (Å²) in [5.74, 6) is 3.65. The zero-order valence-corrected chi connectivity index (χ0v) is 12.5. The van der Waals surface area contributed by atoms with Crippen LogP contribution >= 0.6 is 0 Å². The Labute approximate surface area is 125 Å². The standard InChI is InChI=1S/C16H22N4O/c1-21-14-5-2-12(3-6-14)4-7-15-18-19-16-10-13(11-17)8-9-20(15)16/h2-3,5-6,13H,4,7-11,17H2,1H3. The van der Waals surface area contributed by atoms with Crippen molar-refractivity contribution in [2.24, 2.45) is 11.7 Å². The Kier molecular flexibility index (Phi) is 4.20. The average Bonchev–Trinajstić information content (AvgIpc) is 2.95. The van der Waals surface area contributed by atoms with Gasteiger partial charge in [-0.15, -0.1) is 10.2 Å². The first-order valence-corrected chi connectivity index (χ1v) is 7.54. The molecule has 112 valence electrons. The third kappa shape index (κ3) is 3.08. The summed E-state index contributed by atoms with van der Waals surface area (Å²) in [6.07, 6.45) is 4.00. The molecule has 21 heavy (non-hydrogen) atoms. The molecule has 0 spiro atoms. The number of methoxy groups -OCH3 is 1. The minimum atomic E-state index is 0.566. The largest absolute Gasteiger partial charge is 0.497 e. The lowest BCUT2D eigenvalue weighted by atomic mass is 9.98. The number of rotatable bonds is 5. The van der Waals surface area contributed by atoms with Gasteiger partial charge in [0.25, 0.3) is 0 Å². The fraction of sp³-hybridized carbons (Fsp3) is 0.500. The van der Waals surface area contributed by atoms with Gasteiger partial charge in [0.15, 0.2) is 0 Å². The van der Waals surface area contributed by atoms with E-state index in [1.807, 2.05) is 12.1 Å². The van der Waals surface area contributed by atoms with Crippen molar-refractivity contribution in [2.75, 3.05) is 13.7 Å². The summed E-state index contributed by atoms with van der Waals surface area (Å²) in [5.41, 5.74) is 7.05. The second kappa shape index (κ2) is 6.26. The molecule has 2 heterocycles. The fourth-order valence-electron chi connectivity index (χ4n) is 2.89. The Morgan fingerprint density at radius 1 is 1.24 bits per heavy atom. The van der Waals surface area contributed by atoms with Crippen LogP contribution in [0, 0.1) is 5.92 Å². The molecule has 0 fully saturated rings. The normalized spacial score (nSPS) is 17.5. The van der Waals surface area contributed by atoms with Gasteiger partial charge in [0.1, 0.15) is 17.4 Å². The number of benzene rings is 1. The lowest BCUT2D eigenvalue weighted by molar-refractivity contribution is 0.384. The molecule has 5 nitrogen and oxygen atoms in total. The molecule has 2 N–H and O–H groups in total. The molecule has 2 aromatic rings. The van der Waals surface area contributed by atoms with Gasteiger partial charge in [0.05, 0.1) is 7.11 Å². The number of ether oxygens (including phenoxy) is 1. The molecule has 3 rings (SSSR count). The Balaban J connectivity index is 1.64. The molecule has 0 saturated carbocycles. The van der Waals surface area contributed by atoms with Gasteiger partial charge < -0.3 is 15.0 Å². The number of hydrogen-bond donors (Lipinski definition) is 1. The summed E-state index contributed by atoms with van der Waals surface area (Å²) in [5, 5.41) is 8.69. The average molecular weight is 286 g/mol. The van der Waals surface area contributed by atoms with Gasteiger partial charge in [0, 0.05) is 19.4 Å². The number of aromatic nitrogens is 3. The van der Waals surface area contributed by atoms with E-state index in [0.717, 1.165) is 56.2 Å². The first-order chi connectivity index (χ1) is 10.3. The molecule has 1 aliphatic rings. The van der Waals surface area contributed by atoms with Crippen molar-refractivity contribution in [1.29, 1.82) is 0 Å². The van der Waals surface area contributed by atoms with Crippen LogP contribution in [0.1, 0.15) is 23.6 Å². The van der Waals surface area contributed by atoms with Crippen LogP contribution in [0.25, 0.3) is 0 Å². The highest BCUT2D eigenvalue weighted by Gasteiger charge is 2.21. The van der Waals surface area contributed by atoms with Gasteiger partial charge in [-0.1, -0.05) is 12.1 Å². The second-order valence-electron chi connectivity index (χ2n) is 5.63. The number of aryl methyl sites for hydroxylation is 2. The molecule has 0 saturated heterocycles. The minimum absolute atomic E-state index is 0.566. The zero-order chi connectivity index (χ0) is 14.7. The molecule has 0 radical (unpaired) electrons. The van der Waals surface area contributed by atoms with Crippen molar-refractivity contribution >= 4 is 0 Å². The van der Waals surface area contributed by atoms with E-state index in [1.165, 1.54) is 5.56 Å². The summed E-state index contributed by atoms with van der Waals surface area (Å²) in [7, 11) is 1.69. The van der Waals surface area contributed by atoms with Gasteiger partial charge in [-0.25, -0.2) is 0 Å². The molecule has 1 aliphatic heterocycles. The predicted octanol–water partition coefficient (Wildman–Crippen LogP) is 1.59. The van der Waals surface area contributed by atoms with E-state index >= 15 is 0 Å². The van der Waals surface area contributed by atoms with Crippen LogP contribution in [0.2, 0.25) is 0 Å². The van der Waals surface area contributed by atoms with Crippen LogP contribution in [0.3, 0.4) is 0 Å². The molecule has 1 unspecified atom stereocenters. The molecular weight excluding hydrogens is 264 g/mol. The third-order valence-electron chi connectivity index (χ3n) is 4.27. The summed E-state index contributed by atoms with van der Waals surface area (Å²) in [6.45, 7) is 1.75. The van der Waals surface area contributed by atoms with Crippen LogP contribution in [-0.4, -0.2) is 28.4 Å². The van der Waals surface area contributed by atoms with Crippen LogP contribution in [-0.2, 0) is 25.8 Å². The van der Waals surface area contributed by atoms with Gasteiger partial charge in [-0.2, -0.15) is 0 Å². The summed E-state index contributed by atoms with van der Waals surface area (Å²) >= 11 is 0. The number of fused-ring (bicyclic) bond motifs is 1. The quantitative estimate of drug-likeness (QED) is 0.906. The van der Waals surface area contributed by atoms with Crippen LogP contribution in [0.4, 0.5) is 0 Å². The van der Waals surface area contributed by atoms with Crippen molar-refractivity contribution in [3.63, 3.8) is 0 Å². The van der Waals surface area contributed by atoms with E-state index < -0.39 is 0 Å². The zero-order valence-electron chi connectivity index (χ0n) is 12.5. The van der Waals surface area contributed by atoms with Gasteiger partial charge in [-0.05, 0) is 43.0 Å². The number of nitrogens with zero attached hydrogens (tertiary/aromatic N) is 3. The topological polar surface area (TPSA) is 66.0 Å². The number of nitrogens with two attached hydrogens (primary N) is 1. The monoisotopic (exact) mass is 286 g/mol. The van der Waals surface area contributed by atoms with Crippen molar-refractivity contribution in [2.45, 2.75) is 32.2 Å². The lowest BCUT2D eigenvalue weighted by Crippen LogP contribution is -2.26. The Morgan fingerprint density at radius 2 is 2.05 bits per heavy atom. The van der Waals surface area contributed by atoms with Crippen LogP contribution in [0.5, 0.6) is 5.75 Å². The molecule has 5 heteroatoms. The fourth-order valence-corrected chi connectivity index (χ4v) is 2.89. The van der Waals surface area contributed by atoms with Crippen LogP contribution < -0.4 is 10.5 Å². The van der Waals surface area contributed by atoms with E-state index in [0.29, 0.717) is 5.92 Å². The van der Waals surface area contributed by atoms with Gasteiger partial charge >= 0.3 is 0 Å². The van der Waals surface area contributed by atoms with E-state index in [-0.39, 0.29) is 0 Å². The maximum absolute atomic E-state index is 5.76. The molecule has 1 atom stereocenters. The molecular formula is C16H22N4O. The van der Waals surface area contributed by atoms with E-state index in [1.54, 1.807) is 7.11 Å². The predicted molar refractivity (Wildman–Crippen MR) is 81.3 cm³/mol. The van der Waals surface area contributed by atoms with Crippen molar-refractivity contribution in [1.82, 2.24) is 14.8 Å². The molecule has 1 aromatic carbocycles. The Bertz CT molecular complexity index is 591. The lowest BCUT2D eigenvalue weighted by Gasteiger charge is -2.22. The molecule has 1 aromatic heterocycles. The summed E-state index contributed by atoms with van der Waals surface area (Å²) in [6, 6.07) is 8.22. The van der Waals surface area contributed by atoms with Crippen molar-refractivity contribution in [3.05, 3.63) is 41.5 Å². The maximum Gasteiger partial charge on any atom is 0.133 e. The van der Waals surface area contributed by atoms with Gasteiger partial charge in [0.2, 0.25) is 0 Å². The highest BCUT2D eigenvalue weighted by atomic mass is 16.5.